The standard InChI is InChI=1S/C15H22ClNO2/c1-2-13(17)7-11-3-4-15(14(16)8-11)19-10-12-5-6-18-9-12/h3-4,8,12-13H,2,5-7,9-10,17H2,1H3. The zero-order valence-electron chi connectivity index (χ0n) is 11.4. The van der Waals surface area contributed by atoms with Crippen LogP contribution in [0.3, 0.4) is 0 Å². The van der Waals surface area contributed by atoms with Crippen molar-refractivity contribution in [1.82, 2.24) is 0 Å². The van der Waals surface area contributed by atoms with E-state index in [4.69, 9.17) is 26.8 Å². The zero-order chi connectivity index (χ0) is 13.7. The third-order valence-corrected chi connectivity index (χ3v) is 3.81. The molecule has 0 radical (unpaired) electrons. The van der Waals surface area contributed by atoms with Crippen molar-refractivity contribution in [2.24, 2.45) is 11.7 Å². The lowest BCUT2D eigenvalue weighted by Crippen LogP contribution is -2.21. The Kier molecular flexibility index (Phi) is 5.49. The number of hydrogen-bond acceptors (Lipinski definition) is 3. The van der Waals surface area contributed by atoms with Crippen LogP contribution in [0, 0.1) is 5.92 Å². The SMILES string of the molecule is CCC(N)Cc1ccc(OCC2CCOC2)c(Cl)c1. The van der Waals surface area contributed by atoms with Gasteiger partial charge in [-0.2, -0.15) is 0 Å². The lowest BCUT2D eigenvalue weighted by molar-refractivity contribution is 0.167. The van der Waals surface area contributed by atoms with Crippen LogP contribution in [0.1, 0.15) is 25.3 Å². The molecular weight excluding hydrogens is 262 g/mol. The van der Waals surface area contributed by atoms with Gasteiger partial charge in [0, 0.05) is 18.6 Å². The maximum Gasteiger partial charge on any atom is 0.137 e. The quantitative estimate of drug-likeness (QED) is 0.873. The van der Waals surface area contributed by atoms with Gasteiger partial charge in [0.15, 0.2) is 0 Å². The highest BCUT2D eigenvalue weighted by molar-refractivity contribution is 6.32. The van der Waals surface area contributed by atoms with Gasteiger partial charge in [0.05, 0.1) is 18.2 Å². The molecule has 0 bridgehead atoms. The molecule has 2 rings (SSSR count). The molecule has 1 saturated heterocycles. The van der Waals surface area contributed by atoms with Gasteiger partial charge in [0.25, 0.3) is 0 Å². The fraction of sp³-hybridized carbons (Fsp3) is 0.600. The van der Waals surface area contributed by atoms with Crippen LogP contribution in [-0.4, -0.2) is 25.9 Å². The fourth-order valence-corrected chi connectivity index (χ4v) is 2.42. The molecule has 0 saturated carbocycles. The van der Waals surface area contributed by atoms with Gasteiger partial charge in [-0.05, 0) is 37.0 Å². The molecule has 106 valence electrons. The molecule has 0 amide bonds. The average Bonchev–Trinajstić information content (AvgIpc) is 2.91. The summed E-state index contributed by atoms with van der Waals surface area (Å²) in [5.41, 5.74) is 7.11. The normalized spacial score (nSPS) is 20.5. The first-order valence-electron chi connectivity index (χ1n) is 6.93. The van der Waals surface area contributed by atoms with E-state index < -0.39 is 0 Å². The van der Waals surface area contributed by atoms with Crippen LogP contribution in [0.4, 0.5) is 0 Å². The second kappa shape index (κ2) is 7.13. The third kappa shape index (κ3) is 4.37. The van der Waals surface area contributed by atoms with Gasteiger partial charge in [-0.15, -0.1) is 0 Å². The lowest BCUT2D eigenvalue weighted by Gasteiger charge is -2.13. The van der Waals surface area contributed by atoms with E-state index in [0.29, 0.717) is 17.5 Å². The van der Waals surface area contributed by atoms with Crippen LogP contribution in [0.25, 0.3) is 0 Å². The summed E-state index contributed by atoms with van der Waals surface area (Å²) < 4.78 is 11.1. The van der Waals surface area contributed by atoms with Crippen molar-refractivity contribution in [3.8, 4) is 5.75 Å². The molecule has 2 unspecified atom stereocenters. The minimum Gasteiger partial charge on any atom is -0.492 e. The number of benzene rings is 1. The van der Waals surface area contributed by atoms with E-state index in [2.05, 4.69) is 6.92 Å². The maximum atomic E-state index is 6.24. The van der Waals surface area contributed by atoms with Crippen LogP contribution in [0.2, 0.25) is 5.02 Å². The van der Waals surface area contributed by atoms with Gasteiger partial charge in [0.1, 0.15) is 5.75 Å². The zero-order valence-corrected chi connectivity index (χ0v) is 12.2. The summed E-state index contributed by atoms with van der Waals surface area (Å²) in [5, 5.41) is 0.666. The Balaban J connectivity index is 1.90. The molecule has 4 heteroatoms. The first-order chi connectivity index (χ1) is 9.19. The molecule has 1 aromatic carbocycles. The summed E-state index contributed by atoms with van der Waals surface area (Å²) in [6.45, 7) is 4.40. The summed E-state index contributed by atoms with van der Waals surface area (Å²) in [7, 11) is 0. The van der Waals surface area contributed by atoms with Crippen LogP contribution in [-0.2, 0) is 11.2 Å². The molecule has 1 fully saturated rings. The Morgan fingerprint density at radius 2 is 2.37 bits per heavy atom. The van der Waals surface area contributed by atoms with E-state index in [9.17, 15) is 0 Å². The van der Waals surface area contributed by atoms with E-state index in [0.717, 1.165) is 43.8 Å². The third-order valence-electron chi connectivity index (χ3n) is 3.52. The van der Waals surface area contributed by atoms with E-state index in [1.165, 1.54) is 0 Å². The second-order valence-corrected chi connectivity index (χ2v) is 5.59. The monoisotopic (exact) mass is 283 g/mol. The van der Waals surface area contributed by atoms with Crippen LogP contribution < -0.4 is 10.5 Å². The Labute approximate surface area is 120 Å². The Bertz CT molecular complexity index is 405. The van der Waals surface area contributed by atoms with Crippen LogP contribution >= 0.6 is 11.6 Å². The first kappa shape index (κ1) is 14.6. The minimum absolute atomic E-state index is 0.193. The smallest absolute Gasteiger partial charge is 0.137 e. The van der Waals surface area contributed by atoms with Crippen molar-refractivity contribution < 1.29 is 9.47 Å². The Morgan fingerprint density at radius 1 is 1.53 bits per heavy atom. The number of nitrogens with two attached hydrogens (primary N) is 1. The molecule has 1 aliphatic heterocycles. The Hall–Kier alpha value is -0.770. The van der Waals surface area contributed by atoms with Gasteiger partial charge in [-0.3, -0.25) is 0 Å². The fourth-order valence-electron chi connectivity index (χ4n) is 2.16. The van der Waals surface area contributed by atoms with Gasteiger partial charge in [-0.1, -0.05) is 24.6 Å². The molecule has 3 nitrogen and oxygen atoms in total. The molecular formula is C15H22ClNO2. The van der Waals surface area contributed by atoms with Crippen molar-refractivity contribution in [2.45, 2.75) is 32.2 Å². The van der Waals surface area contributed by atoms with E-state index in [1.54, 1.807) is 0 Å². The highest BCUT2D eigenvalue weighted by Gasteiger charge is 2.16. The number of halogens is 1. The summed E-state index contributed by atoms with van der Waals surface area (Å²) in [6, 6.07) is 6.13. The number of hydrogen-bond donors (Lipinski definition) is 1. The van der Waals surface area contributed by atoms with Crippen LogP contribution in [0.5, 0.6) is 5.75 Å². The highest BCUT2D eigenvalue weighted by atomic mass is 35.5. The molecule has 0 aromatic heterocycles. The maximum absolute atomic E-state index is 6.24. The second-order valence-electron chi connectivity index (χ2n) is 5.18. The minimum atomic E-state index is 0.193. The summed E-state index contributed by atoms with van der Waals surface area (Å²) in [4.78, 5) is 0. The molecule has 0 aliphatic carbocycles. The molecule has 0 spiro atoms. The summed E-state index contributed by atoms with van der Waals surface area (Å²) in [5.74, 6) is 1.24. The predicted octanol–water partition coefficient (Wildman–Crippen LogP) is 3.04. The molecule has 1 aliphatic rings. The van der Waals surface area contributed by atoms with Gasteiger partial charge in [0.2, 0.25) is 0 Å². The van der Waals surface area contributed by atoms with E-state index in [-0.39, 0.29) is 6.04 Å². The van der Waals surface area contributed by atoms with Gasteiger partial charge < -0.3 is 15.2 Å². The summed E-state index contributed by atoms with van der Waals surface area (Å²) >= 11 is 6.24. The van der Waals surface area contributed by atoms with Gasteiger partial charge >= 0.3 is 0 Å². The largest absolute Gasteiger partial charge is 0.492 e. The topological polar surface area (TPSA) is 44.5 Å². The number of rotatable bonds is 6. The predicted molar refractivity (Wildman–Crippen MR) is 77.8 cm³/mol. The lowest BCUT2D eigenvalue weighted by atomic mass is 10.0. The average molecular weight is 284 g/mol. The molecule has 1 heterocycles. The van der Waals surface area contributed by atoms with Crippen molar-refractivity contribution >= 4 is 11.6 Å². The molecule has 19 heavy (non-hydrogen) atoms. The van der Waals surface area contributed by atoms with E-state index >= 15 is 0 Å². The first-order valence-corrected chi connectivity index (χ1v) is 7.31. The van der Waals surface area contributed by atoms with Crippen molar-refractivity contribution in [2.75, 3.05) is 19.8 Å². The Morgan fingerprint density at radius 3 is 3.00 bits per heavy atom. The summed E-state index contributed by atoms with van der Waals surface area (Å²) in [6.07, 6.45) is 2.89. The van der Waals surface area contributed by atoms with Crippen molar-refractivity contribution in [3.05, 3.63) is 28.8 Å². The number of ether oxygens (including phenoxy) is 2. The molecule has 2 N–H and O–H groups in total. The van der Waals surface area contributed by atoms with Gasteiger partial charge in [-0.25, -0.2) is 0 Å². The molecule has 1 aromatic rings. The highest BCUT2D eigenvalue weighted by Crippen LogP contribution is 2.27. The van der Waals surface area contributed by atoms with Crippen LogP contribution in [0.15, 0.2) is 18.2 Å². The van der Waals surface area contributed by atoms with Crippen molar-refractivity contribution in [1.29, 1.82) is 0 Å². The van der Waals surface area contributed by atoms with Crippen molar-refractivity contribution in [3.63, 3.8) is 0 Å². The molecule has 2 atom stereocenters. The van der Waals surface area contributed by atoms with E-state index in [1.807, 2.05) is 18.2 Å².